The van der Waals surface area contributed by atoms with Crippen LogP contribution in [0.15, 0.2) is 18.2 Å². The molecular weight excluding hydrogens is 248 g/mol. The Morgan fingerprint density at radius 3 is 2.68 bits per heavy atom. The van der Waals surface area contributed by atoms with Crippen LogP contribution in [0.1, 0.15) is 23.7 Å². The number of amides is 2. The molecule has 0 fully saturated rings. The van der Waals surface area contributed by atoms with Crippen LogP contribution < -0.4 is 20.5 Å². The van der Waals surface area contributed by atoms with Crippen LogP contribution in [-0.2, 0) is 4.79 Å². The first kappa shape index (κ1) is 14.8. The SMILES string of the molecule is CCCNC(=O)COc1cc(OC)ccc1C(N)=O. The molecule has 0 aliphatic rings. The molecule has 6 heteroatoms. The Hall–Kier alpha value is -2.24. The lowest BCUT2D eigenvalue weighted by Crippen LogP contribution is -2.29. The van der Waals surface area contributed by atoms with Crippen molar-refractivity contribution in [2.45, 2.75) is 13.3 Å². The Morgan fingerprint density at radius 1 is 1.37 bits per heavy atom. The Kier molecular flexibility index (Phi) is 5.66. The van der Waals surface area contributed by atoms with Gasteiger partial charge in [0.1, 0.15) is 11.5 Å². The van der Waals surface area contributed by atoms with Crippen molar-refractivity contribution in [1.29, 1.82) is 0 Å². The van der Waals surface area contributed by atoms with Crippen molar-refractivity contribution < 1.29 is 19.1 Å². The predicted molar refractivity (Wildman–Crippen MR) is 70.3 cm³/mol. The molecule has 6 nitrogen and oxygen atoms in total. The largest absolute Gasteiger partial charge is 0.497 e. The summed E-state index contributed by atoms with van der Waals surface area (Å²) in [5.41, 5.74) is 5.44. The van der Waals surface area contributed by atoms with Gasteiger partial charge in [-0.25, -0.2) is 0 Å². The highest BCUT2D eigenvalue weighted by molar-refractivity contribution is 5.96. The summed E-state index contributed by atoms with van der Waals surface area (Å²) in [6, 6.07) is 4.62. The highest BCUT2D eigenvalue weighted by Crippen LogP contribution is 2.24. The molecule has 1 aromatic carbocycles. The van der Waals surface area contributed by atoms with Gasteiger partial charge in [0.25, 0.3) is 11.8 Å². The number of primary amides is 1. The average molecular weight is 266 g/mol. The first-order chi connectivity index (χ1) is 9.08. The molecule has 19 heavy (non-hydrogen) atoms. The van der Waals surface area contributed by atoms with Gasteiger partial charge < -0.3 is 20.5 Å². The van der Waals surface area contributed by atoms with E-state index in [4.69, 9.17) is 15.2 Å². The van der Waals surface area contributed by atoms with Gasteiger partial charge in [-0.2, -0.15) is 0 Å². The molecule has 0 saturated heterocycles. The van der Waals surface area contributed by atoms with Crippen LogP contribution in [0.5, 0.6) is 11.5 Å². The number of benzene rings is 1. The summed E-state index contributed by atoms with van der Waals surface area (Å²) in [5.74, 6) is -0.112. The molecule has 104 valence electrons. The highest BCUT2D eigenvalue weighted by atomic mass is 16.5. The normalized spacial score (nSPS) is 9.79. The molecule has 2 amide bonds. The number of hydrogen-bond acceptors (Lipinski definition) is 4. The quantitative estimate of drug-likeness (QED) is 0.760. The lowest BCUT2D eigenvalue weighted by atomic mass is 10.2. The molecule has 0 aliphatic carbocycles. The number of methoxy groups -OCH3 is 1. The minimum Gasteiger partial charge on any atom is -0.497 e. The van der Waals surface area contributed by atoms with E-state index in [-0.39, 0.29) is 23.8 Å². The van der Waals surface area contributed by atoms with Crippen LogP contribution in [-0.4, -0.2) is 32.1 Å². The zero-order valence-corrected chi connectivity index (χ0v) is 11.1. The molecule has 0 heterocycles. The van der Waals surface area contributed by atoms with Crippen LogP contribution in [0, 0.1) is 0 Å². The van der Waals surface area contributed by atoms with Gasteiger partial charge in [0.05, 0.1) is 12.7 Å². The fourth-order valence-corrected chi connectivity index (χ4v) is 1.41. The van der Waals surface area contributed by atoms with Crippen LogP contribution in [0.3, 0.4) is 0 Å². The van der Waals surface area contributed by atoms with Gasteiger partial charge in [0.15, 0.2) is 6.61 Å². The Labute approximate surface area is 111 Å². The number of nitrogens with one attached hydrogen (secondary N) is 1. The summed E-state index contributed by atoms with van der Waals surface area (Å²) < 4.78 is 10.3. The average Bonchev–Trinajstić information content (AvgIpc) is 2.42. The molecule has 0 bridgehead atoms. The fourth-order valence-electron chi connectivity index (χ4n) is 1.41. The van der Waals surface area contributed by atoms with E-state index >= 15 is 0 Å². The summed E-state index contributed by atoms with van der Waals surface area (Å²) in [5, 5.41) is 2.67. The monoisotopic (exact) mass is 266 g/mol. The zero-order chi connectivity index (χ0) is 14.3. The summed E-state index contributed by atoms with van der Waals surface area (Å²) in [7, 11) is 1.50. The summed E-state index contributed by atoms with van der Waals surface area (Å²) in [4.78, 5) is 22.7. The van der Waals surface area contributed by atoms with Crippen molar-refractivity contribution in [3.8, 4) is 11.5 Å². The number of rotatable bonds is 7. The molecular formula is C13H18N2O4. The second kappa shape index (κ2) is 7.25. The van der Waals surface area contributed by atoms with E-state index in [2.05, 4.69) is 5.32 Å². The number of hydrogen-bond donors (Lipinski definition) is 2. The Morgan fingerprint density at radius 2 is 2.11 bits per heavy atom. The molecule has 3 N–H and O–H groups in total. The van der Waals surface area contributed by atoms with E-state index in [0.29, 0.717) is 12.3 Å². The summed E-state index contributed by atoms with van der Waals surface area (Å²) in [6.45, 7) is 2.37. The zero-order valence-electron chi connectivity index (χ0n) is 11.1. The van der Waals surface area contributed by atoms with Crippen molar-refractivity contribution in [2.24, 2.45) is 5.73 Å². The molecule has 0 spiro atoms. The van der Waals surface area contributed by atoms with Crippen molar-refractivity contribution in [3.05, 3.63) is 23.8 Å². The van der Waals surface area contributed by atoms with Gasteiger partial charge in [-0.05, 0) is 18.6 Å². The first-order valence-electron chi connectivity index (χ1n) is 5.95. The van der Waals surface area contributed by atoms with Crippen molar-refractivity contribution in [3.63, 3.8) is 0 Å². The minimum absolute atomic E-state index is 0.173. The summed E-state index contributed by atoms with van der Waals surface area (Å²) >= 11 is 0. The third-order valence-corrected chi connectivity index (χ3v) is 2.39. The second-order valence-corrected chi connectivity index (χ2v) is 3.86. The predicted octanol–water partition coefficient (Wildman–Crippen LogP) is 0.699. The molecule has 0 atom stereocenters. The highest BCUT2D eigenvalue weighted by Gasteiger charge is 2.12. The molecule has 1 aromatic rings. The van der Waals surface area contributed by atoms with Gasteiger partial charge in [-0.3, -0.25) is 9.59 Å². The summed E-state index contributed by atoms with van der Waals surface area (Å²) in [6.07, 6.45) is 0.845. The van der Waals surface area contributed by atoms with Crippen molar-refractivity contribution in [2.75, 3.05) is 20.3 Å². The van der Waals surface area contributed by atoms with E-state index < -0.39 is 5.91 Å². The lowest BCUT2D eigenvalue weighted by molar-refractivity contribution is -0.123. The Bertz CT molecular complexity index is 460. The van der Waals surface area contributed by atoms with Crippen LogP contribution in [0.4, 0.5) is 0 Å². The standard InChI is InChI=1S/C13H18N2O4/c1-3-6-15-12(16)8-19-11-7-9(18-2)4-5-10(11)13(14)17/h4-5,7H,3,6,8H2,1-2H3,(H2,14,17)(H,15,16). The topological polar surface area (TPSA) is 90.7 Å². The van der Waals surface area contributed by atoms with E-state index in [1.807, 2.05) is 6.92 Å². The van der Waals surface area contributed by atoms with Gasteiger partial charge in [0, 0.05) is 12.6 Å². The van der Waals surface area contributed by atoms with Gasteiger partial charge in [0.2, 0.25) is 0 Å². The van der Waals surface area contributed by atoms with E-state index in [0.717, 1.165) is 6.42 Å². The van der Waals surface area contributed by atoms with Crippen molar-refractivity contribution in [1.82, 2.24) is 5.32 Å². The maximum atomic E-state index is 11.4. The third kappa shape index (κ3) is 4.50. The molecule has 0 unspecified atom stereocenters. The number of carbonyl (C=O) groups excluding carboxylic acids is 2. The van der Waals surface area contributed by atoms with Crippen molar-refractivity contribution >= 4 is 11.8 Å². The van der Waals surface area contributed by atoms with Gasteiger partial charge in [-0.15, -0.1) is 0 Å². The molecule has 0 aromatic heterocycles. The van der Waals surface area contributed by atoms with Gasteiger partial charge >= 0.3 is 0 Å². The van der Waals surface area contributed by atoms with Crippen LogP contribution >= 0.6 is 0 Å². The lowest BCUT2D eigenvalue weighted by Gasteiger charge is -2.11. The Balaban J connectivity index is 2.74. The van der Waals surface area contributed by atoms with E-state index in [1.54, 1.807) is 6.07 Å². The molecule has 0 aliphatic heterocycles. The molecule has 0 saturated carbocycles. The third-order valence-electron chi connectivity index (χ3n) is 2.39. The van der Waals surface area contributed by atoms with Crippen LogP contribution in [0.2, 0.25) is 0 Å². The smallest absolute Gasteiger partial charge is 0.257 e. The minimum atomic E-state index is -0.619. The molecule has 1 rings (SSSR count). The van der Waals surface area contributed by atoms with E-state index in [1.165, 1.54) is 19.2 Å². The number of ether oxygens (including phenoxy) is 2. The number of carbonyl (C=O) groups is 2. The van der Waals surface area contributed by atoms with Crippen LogP contribution in [0.25, 0.3) is 0 Å². The molecule has 0 radical (unpaired) electrons. The maximum Gasteiger partial charge on any atom is 0.257 e. The number of nitrogens with two attached hydrogens (primary N) is 1. The second-order valence-electron chi connectivity index (χ2n) is 3.86. The fraction of sp³-hybridized carbons (Fsp3) is 0.385. The maximum absolute atomic E-state index is 11.4. The van der Waals surface area contributed by atoms with E-state index in [9.17, 15) is 9.59 Å². The first-order valence-corrected chi connectivity index (χ1v) is 5.95. The van der Waals surface area contributed by atoms with Gasteiger partial charge in [-0.1, -0.05) is 6.92 Å².